The van der Waals surface area contributed by atoms with Crippen LogP contribution in [0.25, 0.3) is 21.5 Å². The topological polar surface area (TPSA) is 3.88 Å². The molecule has 0 saturated carbocycles. The second-order valence-electron chi connectivity index (χ2n) is 4.09. The fraction of sp³-hybridized carbons (Fsp3) is 0.133. The van der Waals surface area contributed by atoms with Crippen LogP contribution in [0.3, 0.4) is 0 Å². The predicted octanol–water partition coefficient (Wildman–Crippen LogP) is 3.13. The fourth-order valence-electron chi connectivity index (χ4n) is 2.13. The van der Waals surface area contributed by atoms with E-state index >= 15 is 0 Å². The largest absolute Gasteiger partial charge is 0.205 e. The van der Waals surface area contributed by atoms with E-state index in [1.165, 1.54) is 0 Å². The van der Waals surface area contributed by atoms with Gasteiger partial charge < -0.3 is 0 Å². The molecule has 0 saturated heterocycles. The van der Waals surface area contributed by atoms with Crippen molar-refractivity contribution in [1.82, 2.24) is 0 Å². The van der Waals surface area contributed by atoms with E-state index in [2.05, 4.69) is 0 Å². The number of benzene rings is 2. The maximum atomic E-state index is 8.11. The van der Waals surface area contributed by atoms with Gasteiger partial charge >= 0.3 is 0 Å². The Balaban J connectivity index is 2.71. The molecule has 16 heavy (non-hydrogen) atoms. The lowest BCUT2D eigenvalue weighted by Gasteiger charge is -2.04. The molecule has 0 unspecified atom stereocenters. The zero-order valence-electron chi connectivity index (χ0n) is 11.4. The third-order valence-corrected chi connectivity index (χ3v) is 3.15. The van der Waals surface area contributed by atoms with E-state index < -0.39 is 0 Å². The van der Waals surface area contributed by atoms with Gasteiger partial charge in [0.25, 0.3) is 0 Å². The Morgan fingerprint density at radius 3 is 2.81 bits per heavy atom. The monoisotopic (exact) mass is 212 g/mol. The number of aryl methyl sites for hydroxylation is 2. The molecule has 3 aromatic rings. The first-order chi connectivity index (χ1) is 8.59. The molecule has 0 aliphatic rings. The Bertz CT molecular complexity index is 778. The molecule has 0 fully saturated rings. The molecule has 0 N–H and O–H groups in total. The van der Waals surface area contributed by atoms with Gasteiger partial charge in [0.2, 0.25) is 0 Å². The highest BCUT2D eigenvalue weighted by Gasteiger charge is 2.09. The first-order valence-corrected chi connectivity index (χ1v) is 5.37. The number of aromatic nitrogens is 1. The molecule has 0 radical (unpaired) electrons. The van der Waals surface area contributed by atoms with Gasteiger partial charge in [0.15, 0.2) is 11.9 Å². The highest BCUT2D eigenvalue weighted by atomic mass is 14.9. The smallest absolute Gasteiger partial charge is 0.186 e. The van der Waals surface area contributed by atoms with Crippen molar-refractivity contribution >= 4 is 21.5 Å². The van der Waals surface area contributed by atoms with Gasteiger partial charge in [-0.25, -0.2) is 4.57 Å². The van der Waals surface area contributed by atoms with Gasteiger partial charge in [-0.15, -0.1) is 0 Å². The number of nitrogens with zero attached hydrogens (tertiary/aromatic N) is 1. The fourth-order valence-corrected chi connectivity index (χ4v) is 2.13. The molecule has 3 rings (SSSR count). The van der Waals surface area contributed by atoms with Crippen LogP contribution in [-0.4, -0.2) is 0 Å². The minimum absolute atomic E-state index is 0.520. The number of fused-ring (bicyclic) bond motifs is 3. The molecular formula is C15H14N+. The van der Waals surface area contributed by atoms with Crippen LogP contribution in [0.15, 0.2) is 48.6 Å². The van der Waals surface area contributed by atoms with Crippen molar-refractivity contribution in [1.29, 1.82) is 0 Å². The van der Waals surface area contributed by atoms with Crippen LogP contribution in [0.1, 0.15) is 8.44 Å². The van der Waals surface area contributed by atoms with E-state index in [9.17, 15) is 0 Å². The van der Waals surface area contributed by atoms with E-state index in [4.69, 9.17) is 2.74 Å². The van der Waals surface area contributed by atoms with Crippen LogP contribution in [0.5, 0.6) is 0 Å². The minimum Gasteiger partial charge on any atom is -0.205 e. The van der Waals surface area contributed by atoms with Crippen molar-refractivity contribution in [2.45, 2.75) is 6.92 Å². The number of hydrogen-bond acceptors (Lipinski definition) is 0. The van der Waals surface area contributed by atoms with Crippen LogP contribution >= 0.6 is 0 Å². The van der Waals surface area contributed by atoms with Crippen molar-refractivity contribution in [2.24, 2.45) is 7.05 Å². The molecule has 0 aliphatic carbocycles. The Kier molecular flexibility index (Phi) is 1.53. The summed E-state index contributed by atoms with van der Waals surface area (Å²) in [5, 5.41) is 3.84. The second-order valence-corrected chi connectivity index (χ2v) is 4.09. The third-order valence-electron chi connectivity index (χ3n) is 3.15. The highest BCUT2D eigenvalue weighted by Crippen LogP contribution is 2.25. The normalized spacial score (nSPS) is 12.9. The zero-order valence-corrected chi connectivity index (χ0v) is 9.41. The van der Waals surface area contributed by atoms with Crippen molar-refractivity contribution in [3.8, 4) is 0 Å². The molecule has 0 atom stereocenters. The lowest BCUT2D eigenvalue weighted by atomic mass is 10.0. The molecule has 0 spiro atoms. The summed E-state index contributed by atoms with van der Waals surface area (Å²) in [6.45, 7) is 2.04. The van der Waals surface area contributed by atoms with Gasteiger partial charge in [-0.1, -0.05) is 36.4 Å². The van der Waals surface area contributed by atoms with Crippen LogP contribution in [0.4, 0.5) is 0 Å². The Morgan fingerprint density at radius 2 is 1.94 bits per heavy atom. The lowest BCUT2D eigenvalue weighted by Crippen LogP contribution is -2.31. The van der Waals surface area contributed by atoms with Gasteiger partial charge in [-0.2, -0.15) is 0 Å². The second kappa shape index (κ2) is 3.31. The molecule has 1 nitrogen and oxygen atoms in total. The third kappa shape index (κ3) is 1.21. The van der Waals surface area contributed by atoms with Gasteiger partial charge in [0.05, 0.1) is 8.13 Å². The molecule has 1 heteroatoms. The van der Waals surface area contributed by atoms with Crippen molar-refractivity contribution in [3.05, 3.63) is 54.3 Å². The standard InChI is InChI=1S/C15H14N/c1-11-15-13(9-10-16(11)2)8-7-12-5-3-4-6-14(12)15/h3-10H,1-2H3/q+1/i6T,8T. The summed E-state index contributed by atoms with van der Waals surface area (Å²) >= 11 is 0. The summed E-state index contributed by atoms with van der Waals surface area (Å²) in [5.74, 6) is 0. The van der Waals surface area contributed by atoms with Crippen molar-refractivity contribution in [3.63, 3.8) is 0 Å². The molecule has 1 aromatic heterocycles. The van der Waals surface area contributed by atoms with E-state index in [0.717, 1.165) is 27.2 Å². The SMILES string of the molecule is [3H]c1cc2cccc([3H])c2c2c(C)[n+](C)ccc12. The van der Waals surface area contributed by atoms with Crippen molar-refractivity contribution in [2.75, 3.05) is 0 Å². The average molecular weight is 212 g/mol. The first kappa shape index (κ1) is 7.39. The Labute approximate surface area is 97.8 Å². The van der Waals surface area contributed by atoms with Crippen LogP contribution in [-0.2, 0) is 7.05 Å². The van der Waals surface area contributed by atoms with Gasteiger partial charge in [-0.3, -0.25) is 0 Å². The molecule has 2 aromatic carbocycles. The van der Waals surface area contributed by atoms with Crippen LogP contribution < -0.4 is 4.57 Å². The van der Waals surface area contributed by atoms with E-state index in [1.807, 2.05) is 49.0 Å². The summed E-state index contributed by atoms with van der Waals surface area (Å²) in [6.07, 6.45) is 1.97. The first-order valence-electron chi connectivity index (χ1n) is 6.37. The average Bonchev–Trinajstić information content (AvgIpc) is 2.34. The molecule has 0 bridgehead atoms. The lowest BCUT2D eigenvalue weighted by molar-refractivity contribution is -0.676. The Morgan fingerprint density at radius 1 is 1.06 bits per heavy atom. The van der Waals surface area contributed by atoms with E-state index in [0.29, 0.717) is 12.1 Å². The molecule has 78 valence electrons. The van der Waals surface area contributed by atoms with Crippen LogP contribution in [0, 0.1) is 6.92 Å². The van der Waals surface area contributed by atoms with E-state index in [-0.39, 0.29) is 0 Å². The van der Waals surface area contributed by atoms with E-state index in [1.54, 1.807) is 6.07 Å². The van der Waals surface area contributed by atoms with Gasteiger partial charge in [-0.05, 0) is 16.2 Å². The maximum Gasteiger partial charge on any atom is 0.186 e. The molecule has 0 amide bonds. The predicted molar refractivity (Wildman–Crippen MR) is 67.4 cm³/mol. The number of pyridine rings is 1. The number of rotatable bonds is 0. The quantitative estimate of drug-likeness (QED) is 0.398. The maximum absolute atomic E-state index is 8.11. The summed E-state index contributed by atoms with van der Waals surface area (Å²) in [6, 6.07) is 10.5. The molecule has 1 heterocycles. The zero-order chi connectivity index (χ0) is 12.9. The van der Waals surface area contributed by atoms with Crippen molar-refractivity contribution < 1.29 is 7.31 Å². The summed E-state index contributed by atoms with van der Waals surface area (Å²) in [7, 11) is 1.99. The summed E-state index contributed by atoms with van der Waals surface area (Å²) in [4.78, 5) is 0. The molecule has 0 aliphatic heterocycles. The summed E-state index contributed by atoms with van der Waals surface area (Å²) in [5.41, 5.74) is 1.09. The highest BCUT2D eigenvalue weighted by molar-refractivity contribution is 6.07. The van der Waals surface area contributed by atoms with Crippen LogP contribution in [0.2, 0.25) is 0 Å². The number of hydrogen-bond donors (Lipinski definition) is 0. The molecular weight excluding hydrogens is 194 g/mol. The summed E-state index contributed by atoms with van der Waals surface area (Å²) < 4.78 is 18.3. The Hall–Kier alpha value is -1.89. The van der Waals surface area contributed by atoms with Gasteiger partial charge in [0, 0.05) is 13.0 Å². The van der Waals surface area contributed by atoms with Gasteiger partial charge in [0.1, 0.15) is 7.05 Å². The minimum atomic E-state index is 0.520.